The number of H-pyrrole nitrogens is 1. The van der Waals surface area contributed by atoms with Crippen LogP contribution in [0.4, 0.5) is 0 Å². The number of sulfonamides is 1. The van der Waals surface area contributed by atoms with Crippen LogP contribution in [0.1, 0.15) is 31.7 Å². The Bertz CT molecular complexity index is 966. The summed E-state index contributed by atoms with van der Waals surface area (Å²) in [6, 6.07) is 5.87. The lowest BCUT2D eigenvalue weighted by molar-refractivity contribution is 0.315. The van der Waals surface area contributed by atoms with Crippen molar-refractivity contribution in [3.63, 3.8) is 0 Å². The van der Waals surface area contributed by atoms with Gasteiger partial charge in [-0.3, -0.25) is 0 Å². The molecule has 2 aliphatic rings. The van der Waals surface area contributed by atoms with E-state index in [1.54, 1.807) is 12.0 Å². The van der Waals surface area contributed by atoms with Gasteiger partial charge in [-0.1, -0.05) is 13.0 Å². The Morgan fingerprint density at radius 3 is 2.88 bits per heavy atom. The Morgan fingerprint density at radius 1 is 1.38 bits per heavy atom. The summed E-state index contributed by atoms with van der Waals surface area (Å²) < 4.78 is 26.7. The first-order chi connectivity index (χ1) is 12.4. The number of benzene rings is 1. The van der Waals surface area contributed by atoms with E-state index in [9.17, 15) is 13.4 Å². The average Bonchev–Trinajstić information content (AvgIpc) is 3.02. The third-order valence-electron chi connectivity index (χ3n) is 5.26. The Hall–Kier alpha value is -1.84. The standard InChI is InChI=1S/C17H23BN4O3S/c1-3-8-26(24,25)21-12-9-11(10-12)17-16-13-6-7-19-15(13)5-4-14(16)18(23)22(2)20-17/h4-7,11-12,19,21,23H,3,8-10H2,1-2H3/t11-,12+. The molecule has 1 aliphatic carbocycles. The van der Waals surface area contributed by atoms with Crippen molar-refractivity contribution in [2.24, 2.45) is 11.0 Å². The van der Waals surface area contributed by atoms with Gasteiger partial charge in [0.15, 0.2) is 0 Å². The summed E-state index contributed by atoms with van der Waals surface area (Å²) in [5.41, 5.74) is 3.77. The molecule has 0 radical (unpaired) electrons. The number of aromatic nitrogens is 1. The minimum atomic E-state index is -3.20. The molecule has 7 nitrogen and oxygen atoms in total. The van der Waals surface area contributed by atoms with Crippen LogP contribution in [-0.2, 0) is 10.0 Å². The lowest BCUT2D eigenvalue weighted by Crippen LogP contribution is -2.54. The second-order valence-corrected chi connectivity index (χ2v) is 9.08. The highest BCUT2D eigenvalue weighted by Crippen LogP contribution is 2.34. The number of rotatable bonds is 5. The van der Waals surface area contributed by atoms with Gasteiger partial charge in [0.2, 0.25) is 10.0 Å². The van der Waals surface area contributed by atoms with Crippen LogP contribution in [0.5, 0.6) is 0 Å². The highest BCUT2D eigenvalue weighted by Gasteiger charge is 2.41. The van der Waals surface area contributed by atoms with Crippen molar-refractivity contribution in [2.45, 2.75) is 32.2 Å². The molecule has 0 saturated heterocycles. The van der Waals surface area contributed by atoms with Crippen molar-refractivity contribution in [1.82, 2.24) is 14.6 Å². The molecule has 4 rings (SSSR count). The summed E-state index contributed by atoms with van der Waals surface area (Å²) in [4.78, 5) is 4.78. The monoisotopic (exact) mass is 374 g/mol. The molecule has 1 fully saturated rings. The van der Waals surface area contributed by atoms with Gasteiger partial charge in [-0.2, -0.15) is 5.10 Å². The number of aromatic amines is 1. The summed E-state index contributed by atoms with van der Waals surface area (Å²) in [6.07, 6.45) is 3.95. The normalized spacial score (nSPS) is 23.0. The van der Waals surface area contributed by atoms with Gasteiger partial charge in [0.25, 0.3) is 0 Å². The van der Waals surface area contributed by atoms with E-state index in [0.717, 1.165) is 40.5 Å². The molecule has 1 aromatic heterocycles. The van der Waals surface area contributed by atoms with E-state index in [1.807, 2.05) is 31.3 Å². The fourth-order valence-corrected chi connectivity index (χ4v) is 5.29. The molecule has 138 valence electrons. The van der Waals surface area contributed by atoms with Gasteiger partial charge in [0.1, 0.15) is 0 Å². The van der Waals surface area contributed by atoms with Gasteiger partial charge in [0, 0.05) is 41.7 Å². The van der Waals surface area contributed by atoms with Gasteiger partial charge in [-0.15, -0.1) is 0 Å². The molecule has 0 unspecified atom stereocenters. The van der Waals surface area contributed by atoms with E-state index < -0.39 is 17.1 Å². The zero-order valence-corrected chi connectivity index (χ0v) is 15.8. The zero-order chi connectivity index (χ0) is 18.5. The highest BCUT2D eigenvalue weighted by atomic mass is 32.2. The maximum Gasteiger partial charge on any atom is 0.466 e. The van der Waals surface area contributed by atoms with Crippen LogP contribution in [0.2, 0.25) is 0 Å². The predicted octanol–water partition coefficient (Wildman–Crippen LogP) is 0.613. The zero-order valence-electron chi connectivity index (χ0n) is 14.9. The minimum absolute atomic E-state index is 0.0368. The van der Waals surface area contributed by atoms with Gasteiger partial charge in [0.05, 0.1) is 11.5 Å². The summed E-state index contributed by atoms with van der Waals surface area (Å²) in [5, 5.41) is 16.2. The van der Waals surface area contributed by atoms with Crippen LogP contribution in [0.25, 0.3) is 10.9 Å². The first-order valence-corrected chi connectivity index (χ1v) is 10.6. The smallest absolute Gasteiger partial charge is 0.428 e. The first-order valence-electron chi connectivity index (χ1n) is 8.99. The second kappa shape index (κ2) is 6.40. The summed E-state index contributed by atoms with van der Waals surface area (Å²) >= 11 is 0. The summed E-state index contributed by atoms with van der Waals surface area (Å²) in [6.45, 7) is 1.86. The van der Waals surface area contributed by atoms with E-state index >= 15 is 0 Å². The van der Waals surface area contributed by atoms with Crippen molar-refractivity contribution in [2.75, 3.05) is 12.8 Å². The molecule has 1 aromatic carbocycles. The Morgan fingerprint density at radius 2 is 2.15 bits per heavy atom. The van der Waals surface area contributed by atoms with Gasteiger partial charge in [-0.25, -0.2) is 13.1 Å². The van der Waals surface area contributed by atoms with Crippen LogP contribution < -0.4 is 10.2 Å². The largest absolute Gasteiger partial charge is 0.466 e. The van der Waals surface area contributed by atoms with Crippen molar-refractivity contribution < 1.29 is 13.4 Å². The van der Waals surface area contributed by atoms with E-state index in [-0.39, 0.29) is 17.7 Å². The van der Waals surface area contributed by atoms with Crippen LogP contribution in [0.15, 0.2) is 29.5 Å². The molecular formula is C17H23BN4O3S. The third kappa shape index (κ3) is 2.93. The number of nitrogens with zero attached hydrogens (tertiary/aromatic N) is 2. The molecule has 1 saturated carbocycles. The molecule has 2 aromatic rings. The molecule has 9 heteroatoms. The first kappa shape index (κ1) is 17.6. The fourth-order valence-electron chi connectivity index (χ4n) is 3.93. The predicted molar refractivity (Wildman–Crippen MR) is 104 cm³/mol. The van der Waals surface area contributed by atoms with Crippen LogP contribution in [-0.4, -0.2) is 55.0 Å². The number of hydrogen-bond acceptors (Lipinski definition) is 5. The molecular weight excluding hydrogens is 351 g/mol. The molecule has 0 amide bonds. The van der Waals surface area contributed by atoms with Crippen molar-refractivity contribution in [1.29, 1.82) is 0 Å². The van der Waals surface area contributed by atoms with Crippen molar-refractivity contribution in [3.05, 3.63) is 30.0 Å². The van der Waals surface area contributed by atoms with Crippen LogP contribution >= 0.6 is 0 Å². The maximum atomic E-state index is 12.0. The molecule has 0 spiro atoms. The Labute approximate surface area is 153 Å². The molecule has 3 N–H and O–H groups in total. The number of nitrogens with one attached hydrogen (secondary N) is 2. The van der Waals surface area contributed by atoms with Gasteiger partial charge >= 0.3 is 7.05 Å². The molecule has 0 atom stereocenters. The third-order valence-corrected chi connectivity index (χ3v) is 6.90. The van der Waals surface area contributed by atoms with Gasteiger partial charge < -0.3 is 14.9 Å². The Kier molecular flexibility index (Phi) is 4.33. The number of hydrazone groups is 1. The lowest BCUT2D eigenvalue weighted by atomic mass is 9.65. The SMILES string of the molecule is CCCS(=O)(=O)N[C@H]1C[C@@H](C2=NN(C)B(O)c3ccc4[nH]ccc4c32)C1. The maximum absolute atomic E-state index is 12.0. The molecule has 0 bridgehead atoms. The van der Waals surface area contributed by atoms with E-state index in [2.05, 4.69) is 14.8 Å². The fraction of sp³-hybridized carbons (Fsp3) is 0.471. The van der Waals surface area contributed by atoms with E-state index in [0.29, 0.717) is 6.42 Å². The van der Waals surface area contributed by atoms with Gasteiger partial charge in [-0.05, 0) is 36.9 Å². The molecule has 1 aliphatic heterocycles. The lowest BCUT2D eigenvalue weighted by Gasteiger charge is -2.39. The quantitative estimate of drug-likeness (QED) is 0.668. The van der Waals surface area contributed by atoms with Crippen molar-refractivity contribution in [3.8, 4) is 0 Å². The average molecular weight is 374 g/mol. The highest BCUT2D eigenvalue weighted by molar-refractivity contribution is 7.89. The summed E-state index contributed by atoms with van der Waals surface area (Å²) in [7, 11) is -2.21. The van der Waals surface area contributed by atoms with E-state index in [4.69, 9.17) is 0 Å². The molecule has 26 heavy (non-hydrogen) atoms. The van der Waals surface area contributed by atoms with E-state index in [1.165, 1.54) is 0 Å². The topological polar surface area (TPSA) is 97.8 Å². The van der Waals surface area contributed by atoms with Crippen molar-refractivity contribution >= 4 is 39.2 Å². The molecule has 2 heterocycles. The minimum Gasteiger partial charge on any atom is -0.428 e. The number of hydrogen-bond donors (Lipinski definition) is 3. The van der Waals surface area contributed by atoms with Crippen LogP contribution in [0.3, 0.4) is 0 Å². The van der Waals surface area contributed by atoms with Crippen LogP contribution in [0, 0.1) is 5.92 Å². The number of fused-ring (bicyclic) bond motifs is 3. The second-order valence-electron chi connectivity index (χ2n) is 7.20. The Balaban J connectivity index is 1.61. The summed E-state index contributed by atoms with van der Waals surface area (Å²) in [5.74, 6) is 0.343.